The number of carbonyl (C=O) groups excluding carboxylic acids is 1. The van der Waals surface area contributed by atoms with E-state index < -0.39 is 0 Å². The van der Waals surface area contributed by atoms with Crippen LogP contribution < -0.4 is 0 Å². The molecular formula is C13H19NO2. The normalized spacial score (nSPS) is 26.9. The minimum Gasteiger partial charge on any atom is -0.461 e. The van der Waals surface area contributed by atoms with Crippen LogP contribution in [0.1, 0.15) is 43.7 Å². The van der Waals surface area contributed by atoms with Crippen molar-refractivity contribution in [2.24, 2.45) is 0 Å². The van der Waals surface area contributed by atoms with Gasteiger partial charge < -0.3 is 4.42 Å². The van der Waals surface area contributed by atoms with Gasteiger partial charge in [0.15, 0.2) is 5.76 Å². The number of Topliss-reactive ketones (excluding diaryl/α,β-unsaturated/α-hetero) is 1. The molecule has 88 valence electrons. The van der Waals surface area contributed by atoms with Crippen molar-refractivity contribution < 1.29 is 9.21 Å². The molecule has 2 heterocycles. The van der Waals surface area contributed by atoms with E-state index in [4.69, 9.17) is 4.42 Å². The van der Waals surface area contributed by atoms with Gasteiger partial charge in [0.25, 0.3) is 0 Å². The second kappa shape index (κ2) is 4.83. The van der Waals surface area contributed by atoms with E-state index >= 15 is 0 Å². The maximum absolute atomic E-state index is 11.9. The number of piperidine rings is 1. The van der Waals surface area contributed by atoms with Crippen LogP contribution in [0.25, 0.3) is 0 Å². The Balaban J connectivity index is 2.00. The molecule has 0 spiro atoms. The molecule has 0 radical (unpaired) electrons. The van der Waals surface area contributed by atoms with Gasteiger partial charge >= 0.3 is 0 Å². The van der Waals surface area contributed by atoms with Crippen molar-refractivity contribution in [1.82, 2.24) is 4.90 Å². The third kappa shape index (κ3) is 2.35. The van der Waals surface area contributed by atoms with Crippen LogP contribution >= 0.6 is 0 Å². The van der Waals surface area contributed by atoms with Crippen LogP contribution in [0.4, 0.5) is 0 Å². The Morgan fingerprint density at radius 1 is 1.44 bits per heavy atom. The summed E-state index contributed by atoms with van der Waals surface area (Å²) in [6, 6.07) is 4.50. The lowest BCUT2D eigenvalue weighted by atomic mass is 9.97. The molecule has 0 amide bonds. The lowest BCUT2D eigenvalue weighted by Gasteiger charge is -2.38. The summed E-state index contributed by atoms with van der Waals surface area (Å²) >= 11 is 0. The number of furan rings is 1. The van der Waals surface area contributed by atoms with Gasteiger partial charge in [-0.3, -0.25) is 9.69 Å². The van der Waals surface area contributed by atoms with E-state index in [9.17, 15) is 4.79 Å². The molecule has 1 aromatic heterocycles. The largest absolute Gasteiger partial charge is 0.461 e. The van der Waals surface area contributed by atoms with Crippen LogP contribution in [0.15, 0.2) is 22.8 Å². The van der Waals surface area contributed by atoms with E-state index in [-0.39, 0.29) is 5.78 Å². The van der Waals surface area contributed by atoms with Gasteiger partial charge in [-0.15, -0.1) is 0 Å². The first kappa shape index (κ1) is 11.4. The summed E-state index contributed by atoms with van der Waals surface area (Å²) in [4.78, 5) is 14.2. The fourth-order valence-corrected chi connectivity index (χ4v) is 2.47. The van der Waals surface area contributed by atoms with Crippen molar-refractivity contribution in [3.05, 3.63) is 24.2 Å². The highest BCUT2D eigenvalue weighted by molar-refractivity contribution is 5.95. The molecule has 2 rings (SSSR count). The zero-order valence-electron chi connectivity index (χ0n) is 9.98. The Hall–Kier alpha value is -1.09. The van der Waals surface area contributed by atoms with Gasteiger partial charge in [-0.25, -0.2) is 0 Å². The van der Waals surface area contributed by atoms with Gasteiger partial charge in [0, 0.05) is 12.1 Å². The highest BCUT2D eigenvalue weighted by Crippen LogP contribution is 2.22. The van der Waals surface area contributed by atoms with Crippen LogP contribution in [-0.4, -0.2) is 29.3 Å². The lowest BCUT2D eigenvalue weighted by Crippen LogP contribution is -2.46. The minimum absolute atomic E-state index is 0.0885. The van der Waals surface area contributed by atoms with E-state index in [1.165, 1.54) is 19.3 Å². The number of likely N-dealkylation sites (tertiary alicyclic amines) is 1. The monoisotopic (exact) mass is 221 g/mol. The van der Waals surface area contributed by atoms with Crippen molar-refractivity contribution in [2.45, 2.75) is 45.2 Å². The Bertz CT molecular complexity index is 335. The Labute approximate surface area is 96.4 Å². The minimum atomic E-state index is 0.0885. The molecule has 0 N–H and O–H groups in total. The second-order valence-electron chi connectivity index (χ2n) is 4.70. The smallest absolute Gasteiger partial charge is 0.211 e. The molecule has 3 nitrogen and oxygen atoms in total. The van der Waals surface area contributed by atoms with E-state index in [0.29, 0.717) is 24.4 Å². The molecule has 0 bridgehead atoms. The number of carbonyl (C=O) groups is 1. The van der Waals surface area contributed by atoms with Crippen molar-refractivity contribution in [2.75, 3.05) is 6.54 Å². The van der Waals surface area contributed by atoms with Crippen molar-refractivity contribution in [3.63, 3.8) is 0 Å². The maximum Gasteiger partial charge on any atom is 0.211 e. The molecule has 0 aliphatic carbocycles. The SMILES string of the molecule is C[C@@H]1CCC[C@H](C)N1CC(=O)c1ccco1. The zero-order valence-corrected chi connectivity index (χ0v) is 9.98. The first-order valence-electron chi connectivity index (χ1n) is 6.01. The third-order valence-electron chi connectivity index (χ3n) is 3.50. The number of ketones is 1. The summed E-state index contributed by atoms with van der Waals surface area (Å²) in [6.45, 7) is 4.88. The van der Waals surface area contributed by atoms with Gasteiger partial charge in [-0.1, -0.05) is 6.42 Å². The average Bonchev–Trinajstić information content (AvgIpc) is 2.76. The summed E-state index contributed by atoms with van der Waals surface area (Å²) in [6.07, 6.45) is 5.20. The first-order valence-corrected chi connectivity index (χ1v) is 6.01. The molecule has 3 heteroatoms. The van der Waals surface area contributed by atoms with Crippen molar-refractivity contribution in [3.8, 4) is 0 Å². The molecule has 2 atom stereocenters. The summed E-state index contributed by atoms with van der Waals surface area (Å²) in [5.74, 6) is 0.565. The molecule has 1 aliphatic heterocycles. The predicted molar refractivity (Wildman–Crippen MR) is 62.5 cm³/mol. The van der Waals surface area contributed by atoms with Crippen molar-refractivity contribution in [1.29, 1.82) is 0 Å². The van der Waals surface area contributed by atoms with Gasteiger partial charge in [-0.05, 0) is 38.8 Å². The Morgan fingerprint density at radius 3 is 2.69 bits per heavy atom. The fraction of sp³-hybridized carbons (Fsp3) is 0.615. The van der Waals surface area contributed by atoms with Gasteiger partial charge in [-0.2, -0.15) is 0 Å². The second-order valence-corrected chi connectivity index (χ2v) is 4.70. The van der Waals surface area contributed by atoms with E-state index in [1.807, 2.05) is 0 Å². The third-order valence-corrected chi connectivity index (χ3v) is 3.50. The number of nitrogens with zero attached hydrogens (tertiary/aromatic N) is 1. The van der Waals surface area contributed by atoms with Crippen LogP contribution in [0.5, 0.6) is 0 Å². The summed E-state index contributed by atoms with van der Waals surface area (Å²) < 4.78 is 5.13. The molecule has 1 saturated heterocycles. The molecular weight excluding hydrogens is 202 g/mol. The molecule has 0 unspecified atom stereocenters. The van der Waals surface area contributed by atoms with Gasteiger partial charge in [0.2, 0.25) is 5.78 Å². The Kier molecular flexibility index (Phi) is 3.44. The summed E-state index contributed by atoms with van der Waals surface area (Å²) in [5, 5.41) is 0. The molecule has 1 fully saturated rings. The van der Waals surface area contributed by atoms with Crippen LogP contribution in [-0.2, 0) is 0 Å². The van der Waals surface area contributed by atoms with E-state index in [0.717, 1.165) is 0 Å². The quantitative estimate of drug-likeness (QED) is 0.736. The van der Waals surface area contributed by atoms with Crippen molar-refractivity contribution >= 4 is 5.78 Å². The maximum atomic E-state index is 11.9. The lowest BCUT2D eigenvalue weighted by molar-refractivity contribution is 0.0711. The topological polar surface area (TPSA) is 33.5 Å². The summed E-state index contributed by atoms with van der Waals surface area (Å²) in [5.41, 5.74) is 0. The van der Waals surface area contributed by atoms with E-state index in [1.54, 1.807) is 18.4 Å². The molecule has 16 heavy (non-hydrogen) atoms. The average molecular weight is 221 g/mol. The molecule has 1 aromatic rings. The van der Waals surface area contributed by atoms with Gasteiger partial charge in [0.1, 0.15) is 0 Å². The molecule has 0 aromatic carbocycles. The Morgan fingerprint density at radius 2 is 2.12 bits per heavy atom. The first-order chi connectivity index (χ1) is 7.68. The number of hydrogen-bond donors (Lipinski definition) is 0. The molecule has 1 aliphatic rings. The fourth-order valence-electron chi connectivity index (χ4n) is 2.47. The van der Waals surface area contributed by atoms with Crippen LogP contribution in [0.2, 0.25) is 0 Å². The number of rotatable bonds is 3. The van der Waals surface area contributed by atoms with E-state index in [2.05, 4.69) is 18.7 Å². The highest BCUT2D eigenvalue weighted by atomic mass is 16.3. The van der Waals surface area contributed by atoms with Crippen LogP contribution in [0.3, 0.4) is 0 Å². The zero-order chi connectivity index (χ0) is 11.5. The highest BCUT2D eigenvalue weighted by Gasteiger charge is 2.27. The number of hydrogen-bond acceptors (Lipinski definition) is 3. The molecule has 0 saturated carbocycles. The van der Waals surface area contributed by atoms with Crippen LogP contribution in [0, 0.1) is 0 Å². The van der Waals surface area contributed by atoms with Gasteiger partial charge in [0.05, 0.1) is 12.8 Å². The standard InChI is InChI=1S/C13H19NO2/c1-10-5-3-6-11(2)14(10)9-12(15)13-7-4-8-16-13/h4,7-8,10-11H,3,5-6,9H2,1-2H3/t10-,11+. The summed E-state index contributed by atoms with van der Waals surface area (Å²) in [7, 11) is 0. The predicted octanol–water partition coefficient (Wildman–Crippen LogP) is 2.73.